The van der Waals surface area contributed by atoms with Crippen molar-refractivity contribution in [2.45, 2.75) is 40.0 Å². The first-order valence-corrected chi connectivity index (χ1v) is 7.84. The van der Waals surface area contributed by atoms with Crippen LogP contribution in [0.2, 0.25) is 13.1 Å². The van der Waals surface area contributed by atoms with Crippen molar-refractivity contribution >= 4 is 9.04 Å². The van der Waals surface area contributed by atoms with E-state index in [0.29, 0.717) is 0 Å². The van der Waals surface area contributed by atoms with Crippen molar-refractivity contribution in [3.63, 3.8) is 0 Å². The molecule has 14 heavy (non-hydrogen) atoms. The van der Waals surface area contributed by atoms with E-state index in [1.807, 2.05) is 6.20 Å². The van der Waals surface area contributed by atoms with Gasteiger partial charge in [-0.1, -0.05) is 20.8 Å². The first kappa shape index (κ1) is 11.5. The Hall–Kier alpha value is -0.613. The van der Waals surface area contributed by atoms with Gasteiger partial charge in [-0.2, -0.15) is 0 Å². The third-order valence-corrected chi connectivity index (χ3v) is 2.78. The number of imidazole rings is 1. The summed E-state index contributed by atoms with van der Waals surface area (Å²) in [6.45, 7) is 10.9. The quantitative estimate of drug-likeness (QED) is 0.782. The Balaban J connectivity index is 2.83. The Morgan fingerprint density at radius 3 is 2.43 bits per heavy atom. The molecule has 1 N–H and O–H groups in total. The van der Waals surface area contributed by atoms with Gasteiger partial charge in [0.25, 0.3) is 0 Å². The highest BCUT2D eigenvalue weighted by Crippen LogP contribution is 2.34. The van der Waals surface area contributed by atoms with Gasteiger partial charge in [0.2, 0.25) is 0 Å². The van der Waals surface area contributed by atoms with Crippen LogP contribution < -0.4 is 0 Å². The monoisotopic (exact) mass is 212 g/mol. The van der Waals surface area contributed by atoms with E-state index in [2.05, 4.69) is 43.8 Å². The minimum atomic E-state index is -1.03. The van der Waals surface area contributed by atoms with Crippen LogP contribution in [-0.4, -0.2) is 19.0 Å². The lowest BCUT2D eigenvalue weighted by atomic mass is 9.89. The SMILES string of the molecule is C[SiH](C)OC(c1ncc[nH]1)C(C)(C)C. The fourth-order valence-corrected chi connectivity index (χ4v) is 2.45. The molecule has 1 rings (SSSR count). The number of aromatic amines is 1. The van der Waals surface area contributed by atoms with Gasteiger partial charge in [-0.15, -0.1) is 0 Å². The van der Waals surface area contributed by atoms with Crippen molar-refractivity contribution in [2.24, 2.45) is 5.41 Å². The van der Waals surface area contributed by atoms with Gasteiger partial charge in [0.1, 0.15) is 11.9 Å². The minimum absolute atomic E-state index is 0.0872. The Labute approximate surface area is 87.6 Å². The molecule has 1 atom stereocenters. The molecule has 80 valence electrons. The zero-order valence-corrected chi connectivity index (χ0v) is 10.8. The standard InChI is InChI=1S/C10H20N2OSi/c1-10(2,3)8(13-14(4)5)9-11-6-7-12-9/h6-8,14H,1-5H3,(H,11,12). The molecule has 0 saturated heterocycles. The van der Waals surface area contributed by atoms with E-state index in [0.717, 1.165) is 5.82 Å². The molecule has 0 bridgehead atoms. The minimum Gasteiger partial charge on any atom is -0.410 e. The van der Waals surface area contributed by atoms with Gasteiger partial charge in [-0.3, -0.25) is 0 Å². The largest absolute Gasteiger partial charge is 0.410 e. The lowest BCUT2D eigenvalue weighted by Gasteiger charge is -2.30. The molecule has 1 unspecified atom stereocenters. The van der Waals surface area contributed by atoms with Gasteiger partial charge in [0.05, 0.1) is 0 Å². The first-order chi connectivity index (χ1) is 6.41. The van der Waals surface area contributed by atoms with Crippen LogP contribution in [0.4, 0.5) is 0 Å². The summed E-state index contributed by atoms with van der Waals surface area (Å²) < 4.78 is 6.00. The molecule has 0 aliphatic heterocycles. The van der Waals surface area contributed by atoms with Crippen molar-refractivity contribution < 1.29 is 4.43 Å². The Bertz CT molecular complexity index is 264. The van der Waals surface area contributed by atoms with Gasteiger partial charge in [-0.05, 0) is 18.5 Å². The molecule has 4 heteroatoms. The highest BCUT2D eigenvalue weighted by molar-refractivity contribution is 6.48. The summed E-state index contributed by atoms with van der Waals surface area (Å²) in [5.41, 5.74) is 0.0924. The van der Waals surface area contributed by atoms with Crippen molar-refractivity contribution in [2.75, 3.05) is 0 Å². The van der Waals surface area contributed by atoms with E-state index >= 15 is 0 Å². The first-order valence-electron chi connectivity index (χ1n) is 5.06. The van der Waals surface area contributed by atoms with Crippen molar-refractivity contribution in [3.8, 4) is 0 Å². The second-order valence-corrected chi connectivity index (χ2v) is 7.27. The number of hydrogen-bond acceptors (Lipinski definition) is 2. The highest BCUT2D eigenvalue weighted by Gasteiger charge is 2.29. The Morgan fingerprint density at radius 1 is 1.43 bits per heavy atom. The number of hydrogen-bond donors (Lipinski definition) is 1. The fourth-order valence-electron chi connectivity index (χ4n) is 1.37. The van der Waals surface area contributed by atoms with Crippen LogP contribution in [0.25, 0.3) is 0 Å². The maximum Gasteiger partial charge on any atom is 0.172 e. The maximum atomic E-state index is 6.00. The van der Waals surface area contributed by atoms with Gasteiger partial charge >= 0.3 is 0 Å². The summed E-state index contributed by atoms with van der Waals surface area (Å²) in [5.74, 6) is 0.943. The van der Waals surface area contributed by atoms with Crippen LogP contribution >= 0.6 is 0 Å². The summed E-state index contributed by atoms with van der Waals surface area (Å²) >= 11 is 0. The Morgan fingerprint density at radius 2 is 2.07 bits per heavy atom. The predicted octanol–water partition coefficient (Wildman–Crippen LogP) is 2.50. The second kappa shape index (κ2) is 4.27. The van der Waals surface area contributed by atoms with Gasteiger partial charge < -0.3 is 9.41 Å². The van der Waals surface area contributed by atoms with Crippen LogP contribution in [0.15, 0.2) is 12.4 Å². The van der Waals surface area contributed by atoms with E-state index in [1.165, 1.54) is 0 Å². The van der Waals surface area contributed by atoms with Crippen molar-refractivity contribution in [3.05, 3.63) is 18.2 Å². The third kappa shape index (κ3) is 2.96. The molecule has 1 aromatic heterocycles. The molecule has 0 aliphatic carbocycles. The second-order valence-electron chi connectivity index (χ2n) is 4.91. The van der Waals surface area contributed by atoms with Gasteiger partial charge in [0.15, 0.2) is 9.04 Å². The van der Waals surface area contributed by atoms with Crippen LogP contribution in [0.5, 0.6) is 0 Å². The molecule has 1 heterocycles. The molecule has 0 radical (unpaired) electrons. The zero-order valence-electron chi connectivity index (χ0n) is 9.66. The van der Waals surface area contributed by atoms with E-state index < -0.39 is 9.04 Å². The predicted molar refractivity (Wildman–Crippen MR) is 60.7 cm³/mol. The molecular weight excluding hydrogens is 192 g/mol. The maximum absolute atomic E-state index is 6.00. The molecule has 3 nitrogen and oxygen atoms in total. The summed E-state index contributed by atoms with van der Waals surface area (Å²) in [6.07, 6.45) is 3.71. The van der Waals surface area contributed by atoms with Gasteiger partial charge in [0, 0.05) is 12.4 Å². The van der Waals surface area contributed by atoms with E-state index in [9.17, 15) is 0 Å². The zero-order chi connectivity index (χ0) is 10.8. The lowest BCUT2D eigenvalue weighted by molar-refractivity contribution is 0.0793. The van der Waals surface area contributed by atoms with Crippen LogP contribution in [0.3, 0.4) is 0 Å². The fraction of sp³-hybridized carbons (Fsp3) is 0.700. The molecule has 0 spiro atoms. The topological polar surface area (TPSA) is 37.9 Å². The summed E-state index contributed by atoms with van der Waals surface area (Å²) in [6, 6.07) is 0. The number of nitrogens with one attached hydrogen (secondary N) is 1. The third-order valence-electron chi connectivity index (χ3n) is 1.96. The molecule has 1 aromatic rings. The summed E-state index contributed by atoms with van der Waals surface area (Å²) in [4.78, 5) is 7.41. The molecule has 0 fully saturated rings. The van der Waals surface area contributed by atoms with E-state index in [1.54, 1.807) is 6.20 Å². The summed E-state index contributed by atoms with van der Waals surface area (Å²) in [5, 5.41) is 0. The van der Waals surface area contributed by atoms with Crippen LogP contribution in [0, 0.1) is 5.41 Å². The average Bonchev–Trinajstić information content (AvgIpc) is 2.49. The molecular formula is C10H20N2OSi. The average molecular weight is 212 g/mol. The highest BCUT2D eigenvalue weighted by atomic mass is 28.3. The smallest absolute Gasteiger partial charge is 0.172 e. The van der Waals surface area contributed by atoms with Gasteiger partial charge in [-0.25, -0.2) is 4.98 Å². The normalized spacial score (nSPS) is 14.7. The molecule has 0 aliphatic rings. The molecule has 0 amide bonds. The van der Waals surface area contributed by atoms with Crippen LogP contribution in [-0.2, 0) is 4.43 Å². The molecule has 0 aromatic carbocycles. The lowest BCUT2D eigenvalue weighted by Crippen LogP contribution is -2.26. The molecule has 0 saturated carbocycles. The number of H-pyrrole nitrogens is 1. The number of aromatic nitrogens is 2. The van der Waals surface area contributed by atoms with Crippen molar-refractivity contribution in [1.29, 1.82) is 0 Å². The Kier molecular flexibility index (Phi) is 3.50. The van der Waals surface area contributed by atoms with E-state index in [4.69, 9.17) is 4.43 Å². The van der Waals surface area contributed by atoms with Crippen molar-refractivity contribution in [1.82, 2.24) is 9.97 Å². The van der Waals surface area contributed by atoms with E-state index in [-0.39, 0.29) is 11.5 Å². The van der Waals surface area contributed by atoms with Crippen LogP contribution in [0.1, 0.15) is 32.7 Å². The number of rotatable bonds is 3. The number of nitrogens with zero attached hydrogens (tertiary/aromatic N) is 1. The summed E-state index contributed by atoms with van der Waals surface area (Å²) in [7, 11) is -1.03.